The van der Waals surface area contributed by atoms with Crippen molar-refractivity contribution in [1.82, 2.24) is 10.6 Å². The van der Waals surface area contributed by atoms with Crippen LogP contribution < -0.4 is 15.4 Å². The number of hydrogen-bond donors (Lipinski definition) is 2. The van der Waals surface area contributed by atoms with Gasteiger partial charge in [0.05, 0.1) is 6.04 Å². The van der Waals surface area contributed by atoms with Crippen LogP contribution >= 0.6 is 0 Å². The Kier molecular flexibility index (Phi) is 4.04. The molecule has 1 atom stereocenters. The lowest BCUT2D eigenvalue weighted by Gasteiger charge is -2.40. The smallest absolute Gasteiger partial charge is 0.191 e. The first-order chi connectivity index (χ1) is 10.3. The van der Waals surface area contributed by atoms with E-state index in [9.17, 15) is 0 Å². The van der Waals surface area contributed by atoms with Crippen LogP contribution in [0.15, 0.2) is 29.3 Å². The number of guanidine groups is 1. The predicted molar refractivity (Wildman–Crippen MR) is 85.8 cm³/mol. The van der Waals surface area contributed by atoms with Gasteiger partial charge in [-0.1, -0.05) is 18.2 Å². The molecular weight excluding hydrogens is 262 g/mol. The van der Waals surface area contributed by atoms with Gasteiger partial charge in [-0.05, 0) is 38.7 Å². The van der Waals surface area contributed by atoms with Crippen molar-refractivity contribution in [1.29, 1.82) is 0 Å². The van der Waals surface area contributed by atoms with Gasteiger partial charge in [-0.2, -0.15) is 0 Å². The zero-order chi connectivity index (χ0) is 14.7. The molecule has 1 fully saturated rings. The van der Waals surface area contributed by atoms with Gasteiger partial charge in [0.2, 0.25) is 0 Å². The molecule has 1 aromatic carbocycles. The molecular formula is C17H25N3O. The zero-order valence-corrected chi connectivity index (χ0v) is 13.0. The lowest BCUT2D eigenvalue weighted by Crippen LogP contribution is -2.46. The minimum absolute atomic E-state index is 0.0249. The number of nitrogens with one attached hydrogen (secondary N) is 2. The van der Waals surface area contributed by atoms with Crippen LogP contribution in [0.3, 0.4) is 0 Å². The lowest BCUT2D eigenvalue weighted by atomic mass is 9.86. The Balaban J connectivity index is 1.87. The quantitative estimate of drug-likeness (QED) is 0.649. The normalized spacial score (nSPS) is 23.5. The molecule has 1 saturated carbocycles. The molecule has 21 heavy (non-hydrogen) atoms. The van der Waals surface area contributed by atoms with Crippen molar-refractivity contribution in [3.05, 3.63) is 29.8 Å². The van der Waals surface area contributed by atoms with E-state index < -0.39 is 0 Å². The SMILES string of the molecule is CCNC(=NC)NC1CC2(CCCC2)Oc2ccccc21. The molecule has 3 rings (SSSR count). The fraction of sp³-hybridized carbons (Fsp3) is 0.588. The largest absolute Gasteiger partial charge is 0.487 e. The van der Waals surface area contributed by atoms with E-state index in [1.54, 1.807) is 0 Å². The molecule has 2 aliphatic rings. The Morgan fingerprint density at radius 3 is 2.81 bits per heavy atom. The number of fused-ring (bicyclic) bond motifs is 1. The van der Waals surface area contributed by atoms with Crippen molar-refractivity contribution in [2.45, 2.75) is 50.7 Å². The summed E-state index contributed by atoms with van der Waals surface area (Å²) in [6, 6.07) is 8.67. The van der Waals surface area contributed by atoms with Gasteiger partial charge in [-0.25, -0.2) is 0 Å². The number of aliphatic imine (C=N–C) groups is 1. The highest BCUT2D eigenvalue weighted by atomic mass is 16.5. The number of benzene rings is 1. The van der Waals surface area contributed by atoms with Gasteiger partial charge < -0.3 is 15.4 Å². The predicted octanol–water partition coefficient (Wildman–Crippen LogP) is 3.01. The maximum absolute atomic E-state index is 6.39. The van der Waals surface area contributed by atoms with E-state index in [4.69, 9.17) is 4.74 Å². The molecule has 1 aliphatic heterocycles. The van der Waals surface area contributed by atoms with Crippen molar-refractivity contribution >= 4 is 5.96 Å². The van der Waals surface area contributed by atoms with Gasteiger partial charge in [0, 0.05) is 25.6 Å². The number of rotatable bonds is 2. The van der Waals surface area contributed by atoms with Crippen molar-refractivity contribution in [3.8, 4) is 5.75 Å². The topological polar surface area (TPSA) is 45.7 Å². The van der Waals surface area contributed by atoms with Crippen LogP contribution in [0.5, 0.6) is 5.75 Å². The molecule has 0 saturated heterocycles. The summed E-state index contributed by atoms with van der Waals surface area (Å²) in [5.74, 6) is 1.91. The van der Waals surface area contributed by atoms with Gasteiger partial charge in [-0.15, -0.1) is 0 Å². The van der Waals surface area contributed by atoms with Crippen LogP contribution in [0.25, 0.3) is 0 Å². The molecule has 1 heterocycles. The summed E-state index contributed by atoms with van der Waals surface area (Å²) in [4.78, 5) is 4.31. The summed E-state index contributed by atoms with van der Waals surface area (Å²) < 4.78 is 6.39. The summed E-state index contributed by atoms with van der Waals surface area (Å²) in [6.07, 6.45) is 5.90. The van der Waals surface area contributed by atoms with E-state index in [1.807, 2.05) is 7.05 Å². The highest BCUT2D eigenvalue weighted by Crippen LogP contribution is 2.46. The second kappa shape index (κ2) is 5.96. The van der Waals surface area contributed by atoms with Crippen LogP contribution in [0, 0.1) is 0 Å². The highest BCUT2D eigenvalue weighted by molar-refractivity contribution is 5.80. The average Bonchev–Trinajstić information content (AvgIpc) is 2.94. The second-order valence-corrected chi connectivity index (χ2v) is 6.03. The van der Waals surface area contributed by atoms with Crippen molar-refractivity contribution in [2.75, 3.05) is 13.6 Å². The molecule has 4 nitrogen and oxygen atoms in total. The van der Waals surface area contributed by atoms with Crippen molar-refractivity contribution in [3.63, 3.8) is 0 Å². The van der Waals surface area contributed by atoms with Gasteiger partial charge in [0.25, 0.3) is 0 Å². The van der Waals surface area contributed by atoms with E-state index in [1.165, 1.54) is 31.2 Å². The summed E-state index contributed by atoms with van der Waals surface area (Å²) in [5.41, 5.74) is 1.27. The maximum atomic E-state index is 6.39. The average molecular weight is 287 g/mol. The van der Waals surface area contributed by atoms with Gasteiger partial charge in [0.1, 0.15) is 11.4 Å². The van der Waals surface area contributed by atoms with Gasteiger partial charge in [0.15, 0.2) is 5.96 Å². The molecule has 1 aromatic rings. The Bertz CT molecular complexity index is 521. The molecule has 0 amide bonds. The van der Waals surface area contributed by atoms with E-state index in [0.717, 1.165) is 24.7 Å². The first-order valence-corrected chi connectivity index (χ1v) is 8.01. The highest BCUT2D eigenvalue weighted by Gasteiger charge is 2.43. The maximum Gasteiger partial charge on any atom is 0.191 e. The summed E-state index contributed by atoms with van der Waals surface area (Å²) in [6.45, 7) is 2.96. The van der Waals surface area contributed by atoms with Crippen LogP contribution in [-0.2, 0) is 0 Å². The number of nitrogens with zero attached hydrogens (tertiary/aromatic N) is 1. The molecule has 1 aliphatic carbocycles. The monoisotopic (exact) mass is 287 g/mol. The zero-order valence-electron chi connectivity index (χ0n) is 13.0. The van der Waals surface area contributed by atoms with E-state index in [-0.39, 0.29) is 11.6 Å². The molecule has 1 unspecified atom stereocenters. The lowest BCUT2D eigenvalue weighted by molar-refractivity contribution is 0.0396. The Morgan fingerprint density at radius 1 is 1.33 bits per heavy atom. The molecule has 0 radical (unpaired) electrons. The fourth-order valence-electron chi connectivity index (χ4n) is 3.60. The van der Waals surface area contributed by atoms with Crippen LogP contribution in [0.2, 0.25) is 0 Å². The molecule has 1 spiro atoms. The number of hydrogen-bond acceptors (Lipinski definition) is 2. The third-order valence-corrected chi connectivity index (χ3v) is 4.59. The van der Waals surface area contributed by atoms with E-state index in [0.29, 0.717) is 0 Å². The number of para-hydroxylation sites is 1. The first kappa shape index (κ1) is 14.2. The summed E-state index contributed by atoms with van der Waals surface area (Å²) in [7, 11) is 1.82. The fourth-order valence-corrected chi connectivity index (χ4v) is 3.60. The third-order valence-electron chi connectivity index (χ3n) is 4.59. The minimum Gasteiger partial charge on any atom is -0.487 e. The van der Waals surface area contributed by atoms with Gasteiger partial charge in [-0.3, -0.25) is 4.99 Å². The minimum atomic E-state index is 0.0249. The Labute approximate surface area is 127 Å². The van der Waals surface area contributed by atoms with Gasteiger partial charge >= 0.3 is 0 Å². The summed E-state index contributed by atoms with van der Waals surface area (Å²) in [5, 5.41) is 6.86. The van der Waals surface area contributed by atoms with Crippen molar-refractivity contribution in [2.24, 2.45) is 4.99 Å². The van der Waals surface area contributed by atoms with E-state index >= 15 is 0 Å². The van der Waals surface area contributed by atoms with Crippen LogP contribution in [-0.4, -0.2) is 25.2 Å². The van der Waals surface area contributed by atoms with E-state index in [2.05, 4.69) is 46.8 Å². The standard InChI is InChI=1S/C17H25N3O/c1-3-19-16(18-2)20-14-12-17(10-6-7-11-17)21-15-9-5-4-8-13(14)15/h4-5,8-9,14H,3,6-7,10-12H2,1-2H3,(H2,18,19,20). The first-order valence-electron chi connectivity index (χ1n) is 8.01. The molecule has 0 aromatic heterocycles. The molecule has 0 bridgehead atoms. The van der Waals surface area contributed by atoms with Crippen molar-refractivity contribution < 1.29 is 4.74 Å². The Morgan fingerprint density at radius 2 is 2.10 bits per heavy atom. The van der Waals surface area contributed by atoms with Crippen LogP contribution in [0.1, 0.15) is 50.6 Å². The Hall–Kier alpha value is -1.71. The molecule has 4 heteroatoms. The molecule has 114 valence electrons. The summed E-state index contributed by atoms with van der Waals surface area (Å²) >= 11 is 0. The van der Waals surface area contributed by atoms with Crippen LogP contribution in [0.4, 0.5) is 0 Å². The molecule has 2 N–H and O–H groups in total. The second-order valence-electron chi connectivity index (χ2n) is 6.03. The third kappa shape index (κ3) is 2.85. The number of ether oxygens (including phenoxy) is 1.